The third-order valence-electron chi connectivity index (χ3n) is 4.65. The van der Waals surface area contributed by atoms with Crippen LogP contribution in [0.2, 0.25) is 5.02 Å². The van der Waals surface area contributed by atoms with Crippen molar-refractivity contribution in [2.24, 2.45) is 5.92 Å². The minimum atomic E-state index is -0.530. The summed E-state index contributed by atoms with van der Waals surface area (Å²) in [6, 6.07) is 6.06. The molecule has 26 heavy (non-hydrogen) atoms. The highest BCUT2D eigenvalue weighted by Crippen LogP contribution is 2.23. The molecule has 1 aromatic carbocycles. The lowest BCUT2D eigenvalue weighted by Crippen LogP contribution is -2.38. The van der Waals surface area contributed by atoms with Gasteiger partial charge in [0.25, 0.3) is 11.6 Å². The van der Waals surface area contributed by atoms with E-state index in [1.807, 2.05) is 0 Å². The molecule has 2 heterocycles. The van der Waals surface area contributed by atoms with Gasteiger partial charge in [-0.15, -0.1) is 0 Å². The Balaban J connectivity index is 1.46. The Kier molecular flexibility index (Phi) is 6.24. The summed E-state index contributed by atoms with van der Waals surface area (Å²) >= 11 is 7.72. The summed E-state index contributed by atoms with van der Waals surface area (Å²) in [5.41, 5.74) is 1.51. The topological polar surface area (TPSA) is 75.5 Å². The third kappa shape index (κ3) is 4.81. The Morgan fingerprint density at radius 2 is 2.12 bits per heavy atom. The van der Waals surface area contributed by atoms with Gasteiger partial charge < -0.3 is 5.32 Å². The van der Waals surface area contributed by atoms with Crippen LogP contribution in [0.5, 0.6) is 0 Å². The number of carbonyl (C=O) groups is 1. The van der Waals surface area contributed by atoms with Gasteiger partial charge in [0.15, 0.2) is 0 Å². The van der Waals surface area contributed by atoms with Crippen LogP contribution >= 0.6 is 22.9 Å². The molecule has 0 aliphatic carbocycles. The number of rotatable bonds is 6. The van der Waals surface area contributed by atoms with Gasteiger partial charge in [-0.2, -0.15) is 11.3 Å². The lowest BCUT2D eigenvalue weighted by molar-refractivity contribution is -0.384. The number of thiophene rings is 1. The molecule has 0 unspecified atom stereocenters. The second-order valence-corrected chi connectivity index (χ2v) is 7.67. The van der Waals surface area contributed by atoms with Crippen molar-refractivity contribution in [2.45, 2.75) is 19.4 Å². The van der Waals surface area contributed by atoms with E-state index in [-0.39, 0.29) is 22.2 Å². The maximum atomic E-state index is 12.3. The number of nitro benzene ring substituents is 1. The van der Waals surface area contributed by atoms with Crippen molar-refractivity contribution in [1.82, 2.24) is 10.2 Å². The number of likely N-dealkylation sites (tertiary alicyclic amines) is 1. The van der Waals surface area contributed by atoms with Gasteiger partial charge in [-0.25, -0.2) is 0 Å². The molecule has 3 rings (SSSR count). The van der Waals surface area contributed by atoms with Crippen LogP contribution in [0.4, 0.5) is 5.69 Å². The first kappa shape index (κ1) is 18.8. The van der Waals surface area contributed by atoms with E-state index >= 15 is 0 Å². The molecule has 1 amide bonds. The molecule has 0 spiro atoms. The SMILES string of the molecule is O=C(NCC1CCN(Cc2ccsc2)CC1)c1ccc([N+](=O)[O-])cc1Cl. The predicted molar refractivity (Wildman–Crippen MR) is 103 cm³/mol. The number of hydrogen-bond donors (Lipinski definition) is 1. The first-order chi connectivity index (χ1) is 12.5. The second-order valence-electron chi connectivity index (χ2n) is 6.48. The Morgan fingerprint density at radius 3 is 2.73 bits per heavy atom. The van der Waals surface area contributed by atoms with E-state index < -0.39 is 4.92 Å². The van der Waals surface area contributed by atoms with E-state index in [1.165, 1.54) is 23.8 Å². The van der Waals surface area contributed by atoms with Crippen molar-refractivity contribution in [3.8, 4) is 0 Å². The highest BCUT2D eigenvalue weighted by molar-refractivity contribution is 7.07. The van der Waals surface area contributed by atoms with Crippen molar-refractivity contribution < 1.29 is 9.72 Å². The summed E-state index contributed by atoms with van der Waals surface area (Å²) in [5.74, 6) is 0.153. The number of benzene rings is 1. The molecule has 0 radical (unpaired) electrons. The van der Waals surface area contributed by atoms with Gasteiger partial charge >= 0.3 is 0 Å². The number of piperidine rings is 1. The quantitative estimate of drug-likeness (QED) is 0.595. The summed E-state index contributed by atoms with van der Waals surface area (Å²) < 4.78 is 0. The molecule has 1 N–H and O–H groups in total. The standard InChI is InChI=1S/C18H20ClN3O3S/c19-17-9-15(22(24)25)1-2-16(17)18(23)20-10-13-3-6-21(7-4-13)11-14-5-8-26-12-14/h1-2,5,8-9,12-13H,3-4,6-7,10-11H2,(H,20,23). The molecule has 6 nitrogen and oxygen atoms in total. The predicted octanol–water partition coefficient (Wildman–Crippen LogP) is 3.95. The number of halogens is 1. The van der Waals surface area contributed by atoms with Crippen molar-refractivity contribution in [1.29, 1.82) is 0 Å². The van der Waals surface area contributed by atoms with Crippen LogP contribution in [-0.2, 0) is 6.54 Å². The number of nitrogens with zero attached hydrogens (tertiary/aromatic N) is 2. The molecule has 138 valence electrons. The molecule has 1 saturated heterocycles. The average Bonchev–Trinajstić information content (AvgIpc) is 3.13. The lowest BCUT2D eigenvalue weighted by atomic mass is 9.96. The smallest absolute Gasteiger partial charge is 0.270 e. The summed E-state index contributed by atoms with van der Waals surface area (Å²) in [4.78, 5) is 24.9. The zero-order chi connectivity index (χ0) is 18.5. The van der Waals surface area contributed by atoms with Crippen LogP contribution in [0.3, 0.4) is 0 Å². The number of hydrogen-bond acceptors (Lipinski definition) is 5. The summed E-state index contributed by atoms with van der Waals surface area (Å²) in [6.45, 7) is 3.63. The van der Waals surface area contributed by atoms with Gasteiger partial charge in [0.1, 0.15) is 0 Å². The normalized spacial score (nSPS) is 15.7. The van der Waals surface area contributed by atoms with Crippen molar-refractivity contribution in [3.05, 3.63) is 61.3 Å². The van der Waals surface area contributed by atoms with Crippen molar-refractivity contribution in [3.63, 3.8) is 0 Å². The van der Waals surface area contributed by atoms with E-state index in [0.717, 1.165) is 32.5 Å². The molecule has 1 fully saturated rings. The fourth-order valence-electron chi connectivity index (χ4n) is 3.12. The fourth-order valence-corrected chi connectivity index (χ4v) is 4.04. The van der Waals surface area contributed by atoms with Crippen LogP contribution in [0, 0.1) is 16.0 Å². The minimum absolute atomic E-state index is 0.0993. The number of nitro groups is 1. The van der Waals surface area contributed by atoms with Gasteiger partial charge in [0, 0.05) is 25.2 Å². The number of nitrogens with one attached hydrogen (secondary N) is 1. The average molecular weight is 394 g/mol. The molecule has 1 aromatic heterocycles. The first-order valence-electron chi connectivity index (χ1n) is 8.48. The molecule has 0 atom stereocenters. The molecule has 1 aliphatic rings. The molecular weight excluding hydrogens is 374 g/mol. The minimum Gasteiger partial charge on any atom is -0.352 e. The molecular formula is C18H20ClN3O3S. The molecule has 0 bridgehead atoms. The van der Waals surface area contributed by atoms with Crippen LogP contribution in [0.25, 0.3) is 0 Å². The Hall–Kier alpha value is -1.96. The van der Waals surface area contributed by atoms with Gasteiger partial charge in [0.2, 0.25) is 0 Å². The van der Waals surface area contributed by atoms with Gasteiger partial charge in [-0.05, 0) is 60.3 Å². The largest absolute Gasteiger partial charge is 0.352 e. The molecule has 1 aliphatic heterocycles. The highest BCUT2D eigenvalue weighted by atomic mass is 35.5. The van der Waals surface area contributed by atoms with Gasteiger partial charge in [-0.3, -0.25) is 19.8 Å². The van der Waals surface area contributed by atoms with Crippen LogP contribution < -0.4 is 5.32 Å². The van der Waals surface area contributed by atoms with E-state index in [2.05, 4.69) is 27.0 Å². The number of amides is 1. The summed E-state index contributed by atoms with van der Waals surface area (Å²) in [6.07, 6.45) is 2.08. The zero-order valence-electron chi connectivity index (χ0n) is 14.2. The van der Waals surface area contributed by atoms with E-state index in [9.17, 15) is 14.9 Å². The second kappa shape index (κ2) is 8.62. The van der Waals surface area contributed by atoms with Gasteiger partial charge in [0.05, 0.1) is 15.5 Å². The summed E-state index contributed by atoms with van der Waals surface area (Å²) in [7, 11) is 0. The molecule has 2 aromatic rings. The Morgan fingerprint density at radius 1 is 1.35 bits per heavy atom. The van der Waals surface area contributed by atoms with Crippen LogP contribution in [0.1, 0.15) is 28.8 Å². The fraction of sp³-hybridized carbons (Fsp3) is 0.389. The first-order valence-corrected chi connectivity index (χ1v) is 9.80. The van der Waals surface area contributed by atoms with E-state index in [1.54, 1.807) is 11.3 Å². The maximum absolute atomic E-state index is 12.3. The lowest BCUT2D eigenvalue weighted by Gasteiger charge is -2.31. The zero-order valence-corrected chi connectivity index (χ0v) is 15.8. The van der Waals surface area contributed by atoms with E-state index in [4.69, 9.17) is 11.6 Å². The van der Waals surface area contributed by atoms with Crippen molar-refractivity contribution >= 4 is 34.5 Å². The third-order valence-corrected chi connectivity index (χ3v) is 5.70. The van der Waals surface area contributed by atoms with Crippen molar-refractivity contribution in [2.75, 3.05) is 19.6 Å². The Bertz CT molecular complexity index is 774. The number of non-ortho nitro benzene ring substituents is 1. The maximum Gasteiger partial charge on any atom is 0.270 e. The van der Waals surface area contributed by atoms with Crippen LogP contribution in [-0.4, -0.2) is 35.4 Å². The monoisotopic (exact) mass is 393 g/mol. The Labute approximate surface area is 160 Å². The molecule has 8 heteroatoms. The van der Waals surface area contributed by atoms with Gasteiger partial charge in [-0.1, -0.05) is 11.6 Å². The summed E-state index contributed by atoms with van der Waals surface area (Å²) in [5, 5.41) is 18.0. The van der Waals surface area contributed by atoms with E-state index in [0.29, 0.717) is 12.5 Å². The molecule has 0 saturated carbocycles. The number of carbonyl (C=O) groups excluding carboxylic acids is 1. The van der Waals surface area contributed by atoms with Crippen LogP contribution in [0.15, 0.2) is 35.0 Å². The highest BCUT2D eigenvalue weighted by Gasteiger charge is 2.21.